The van der Waals surface area contributed by atoms with Crippen LogP contribution in [0, 0.1) is 6.92 Å². The van der Waals surface area contributed by atoms with Crippen LogP contribution < -0.4 is 10.1 Å². The van der Waals surface area contributed by atoms with Crippen molar-refractivity contribution in [1.29, 1.82) is 0 Å². The largest absolute Gasteiger partial charge is 0.478 e. The highest BCUT2D eigenvalue weighted by Crippen LogP contribution is 2.14. The standard InChI is InChI=1S/C11H19N3O/c1-5-6-15-11-7-10(12-8(2)3)13-9(4)14-11/h7-8H,5-6H2,1-4H3,(H,12,13,14). The molecule has 0 amide bonds. The molecule has 4 nitrogen and oxygen atoms in total. The zero-order chi connectivity index (χ0) is 11.3. The zero-order valence-electron chi connectivity index (χ0n) is 9.87. The monoisotopic (exact) mass is 209 g/mol. The molecule has 1 aromatic rings. The normalized spacial score (nSPS) is 10.5. The lowest BCUT2D eigenvalue weighted by atomic mass is 10.4. The highest BCUT2D eigenvalue weighted by Gasteiger charge is 2.03. The van der Waals surface area contributed by atoms with Crippen molar-refractivity contribution in [3.05, 3.63) is 11.9 Å². The number of ether oxygens (including phenoxy) is 1. The first-order valence-corrected chi connectivity index (χ1v) is 5.37. The molecule has 0 bridgehead atoms. The summed E-state index contributed by atoms with van der Waals surface area (Å²) in [5.74, 6) is 2.20. The Morgan fingerprint density at radius 2 is 2.13 bits per heavy atom. The van der Waals surface area contributed by atoms with E-state index in [0.717, 1.165) is 18.1 Å². The van der Waals surface area contributed by atoms with Gasteiger partial charge in [0.05, 0.1) is 6.61 Å². The third kappa shape index (κ3) is 4.14. The van der Waals surface area contributed by atoms with Crippen molar-refractivity contribution in [2.45, 2.75) is 40.2 Å². The smallest absolute Gasteiger partial charge is 0.218 e. The Bertz CT molecular complexity index is 313. The van der Waals surface area contributed by atoms with E-state index in [2.05, 4.69) is 36.1 Å². The van der Waals surface area contributed by atoms with Gasteiger partial charge in [-0.3, -0.25) is 0 Å². The van der Waals surface area contributed by atoms with Gasteiger partial charge in [-0.15, -0.1) is 0 Å². The summed E-state index contributed by atoms with van der Waals surface area (Å²) in [5, 5.41) is 3.23. The summed E-state index contributed by atoms with van der Waals surface area (Å²) in [4.78, 5) is 8.49. The summed E-state index contributed by atoms with van der Waals surface area (Å²) in [5.41, 5.74) is 0. The van der Waals surface area contributed by atoms with Crippen LogP contribution in [-0.4, -0.2) is 22.6 Å². The van der Waals surface area contributed by atoms with Crippen LogP contribution >= 0.6 is 0 Å². The Balaban J connectivity index is 2.75. The van der Waals surface area contributed by atoms with Gasteiger partial charge in [0.25, 0.3) is 0 Å². The van der Waals surface area contributed by atoms with E-state index in [4.69, 9.17) is 4.74 Å². The molecule has 0 fully saturated rings. The molecular formula is C11H19N3O. The van der Waals surface area contributed by atoms with Gasteiger partial charge in [0.1, 0.15) is 11.6 Å². The molecule has 1 rings (SSSR count). The van der Waals surface area contributed by atoms with E-state index in [1.54, 1.807) is 0 Å². The van der Waals surface area contributed by atoms with Crippen molar-refractivity contribution in [3.8, 4) is 5.88 Å². The highest BCUT2D eigenvalue weighted by molar-refractivity contribution is 5.38. The molecule has 0 aromatic carbocycles. The van der Waals surface area contributed by atoms with Crippen molar-refractivity contribution in [2.75, 3.05) is 11.9 Å². The van der Waals surface area contributed by atoms with E-state index in [-0.39, 0.29) is 0 Å². The summed E-state index contributed by atoms with van der Waals surface area (Å²) >= 11 is 0. The third-order valence-electron chi connectivity index (χ3n) is 1.71. The van der Waals surface area contributed by atoms with Crippen molar-refractivity contribution in [3.63, 3.8) is 0 Å². The lowest BCUT2D eigenvalue weighted by molar-refractivity contribution is 0.304. The topological polar surface area (TPSA) is 47.0 Å². The average molecular weight is 209 g/mol. The molecule has 0 aliphatic rings. The second-order valence-electron chi connectivity index (χ2n) is 3.79. The molecule has 1 aromatic heterocycles. The number of nitrogens with zero attached hydrogens (tertiary/aromatic N) is 2. The minimum Gasteiger partial charge on any atom is -0.478 e. The van der Waals surface area contributed by atoms with Gasteiger partial charge in [0.2, 0.25) is 5.88 Å². The second-order valence-corrected chi connectivity index (χ2v) is 3.79. The molecule has 4 heteroatoms. The van der Waals surface area contributed by atoms with E-state index < -0.39 is 0 Å². The summed E-state index contributed by atoms with van der Waals surface area (Å²) in [6.07, 6.45) is 0.982. The Hall–Kier alpha value is -1.32. The lowest BCUT2D eigenvalue weighted by Gasteiger charge is -2.11. The van der Waals surface area contributed by atoms with Crippen LogP contribution in [0.2, 0.25) is 0 Å². The maximum absolute atomic E-state index is 5.47. The molecule has 0 aliphatic carbocycles. The van der Waals surface area contributed by atoms with Gasteiger partial charge < -0.3 is 10.1 Å². The van der Waals surface area contributed by atoms with Gasteiger partial charge in [0, 0.05) is 12.1 Å². The number of aryl methyl sites for hydroxylation is 1. The molecule has 0 spiro atoms. The summed E-state index contributed by atoms with van der Waals surface area (Å²) in [6.45, 7) is 8.78. The minimum absolute atomic E-state index is 0.360. The van der Waals surface area contributed by atoms with Crippen molar-refractivity contribution in [2.24, 2.45) is 0 Å². The first-order chi connectivity index (χ1) is 7.11. The predicted molar refractivity (Wildman–Crippen MR) is 61.3 cm³/mol. The number of anilines is 1. The van der Waals surface area contributed by atoms with Crippen molar-refractivity contribution in [1.82, 2.24) is 9.97 Å². The quantitative estimate of drug-likeness (QED) is 0.809. The zero-order valence-corrected chi connectivity index (χ0v) is 9.87. The lowest BCUT2D eigenvalue weighted by Crippen LogP contribution is -2.12. The number of nitrogens with one attached hydrogen (secondary N) is 1. The molecule has 0 atom stereocenters. The fraction of sp³-hybridized carbons (Fsp3) is 0.636. The molecule has 0 saturated carbocycles. The van der Waals surface area contributed by atoms with Crippen LogP contribution in [0.4, 0.5) is 5.82 Å². The van der Waals surface area contributed by atoms with Crippen LogP contribution in [0.1, 0.15) is 33.0 Å². The predicted octanol–water partition coefficient (Wildman–Crippen LogP) is 2.39. The number of aromatic nitrogens is 2. The number of rotatable bonds is 5. The summed E-state index contributed by atoms with van der Waals surface area (Å²) in [7, 11) is 0. The van der Waals surface area contributed by atoms with Gasteiger partial charge in [-0.1, -0.05) is 6.92 Å². The number of hydrogen-bond donors (Lipinski definition) is 1. The van der Waals surface area contributed by atoms with Crippen LogP contribution in [0.25, 0.3) is 0 Å². The minimum atomic E-state index is 0.360. The van der Waals surface area contributed by atoms with Crippen molar-refractivity contribution >= 4 is 5.82 Å². The molecule has 0 radical (unpaired) electrons. The summed E-state index contributed by atoms with van der Waals surface area (Å²) < 4.78 is 5.47. The molecule has 0 unspecified atom stereocenters. The second kappa shape index (κ2) is 5.53. The van der Waals surface area contributed by atoms with Gasteiger partial charge in [-0.25, -0.2) is 4.98 Å². The maximum Gasteiger partial charge on any atom is 0.218 e. The van der Waals surface area contributed by atoms with E-state index in [9.17, 15) is 0 Å². The first-order valence-electron chi connectivity index (χ1n) is 5.37. The first kappa shape index (κ1) is 11.8. The Morgan fingerprint density at radius 3 is 2.73 bits per heavy atom. The Morgan fingerprint density at radius 1 is 1.40 bits per heavy atom. The molecule has 0 saturated heterocycles. The van der Waals surface area contributed by atoms with Crippen LogP contribution in [-0.2, 0) is 0 Å². The van der Waals surface area contributed by atoms with Gasteiger partial charge in [0.15, 0.2) is 0 Å². The molecular weight excluding hydrogens is 190 g/mol. The van der Waals surface area contributed by atoms with E-state index in [1.165, 1.54) is 0 Å². The third-order valence-corrected chi connectivity index (χ3v) is 1.71. The van der Waals surface area contributed by atoms with E-state index in [0.29, 0.717) is 18.5 Å². The van der Waals surface area contributed by atoms with Gasteiger partial charge in [-0.2, -0.15) is 4.98 Å². The molecule has 1 N–H and O–H groups in total. The molecule has 15 heavy (non-hydrogen) atoms. The van der Waals surface area contributed by atoms with Gasteiger partial charge >= 0.3 is 0 Å². The van der Waals surface area contributed by atoms with Crippen LogP contribution in [0.15, 0.2) is 6.07 Å². The molecule has 0 aliphatic heterocycles. The van der Waals surface area contributed by atoms with Crippen molar-refractivity contribution < 1.29 is 4.74 Å². The van der Waals surface area contributed by atoms with Gasteiger partial charge in [-0.05, 0) is 27.2 Å². The van der Waals surface area contributed by atoms with E-state index >= 15 is 0 Å². The van der Waals surface area contributed by atoms with E-state index in [1.807, 2.05) is 13.0 Å². The Kier molecular flexibility index (Phi) is 4.34. The molecule has 84 valence electrons. The Labute approximate surface area is 91.1 Å². The fourth-order valence-electron chi connectivity index (χ4n) is 1.19. The van der Waals surface area contributed by atoms with Crippen LogP contribution in [0.5, 0.6) is 5.88 Å². The maximum atomic E-state index is 5.47. The molecule has 1 heterocycles. The van der Waals surface area contributed by atoms with Crippen LogP contribution in [0.3, 0.4) is 0 Å². The fourth-order valence-corrected chi connectivity index (χ4v) is 1.19. The number of hydrogen-bond acceptors (Lipinski definition) is 4. The SMILES string of the molecule is CCCOc1cc(NC(C)C)nc(C)n1. The highest BCUT2D eigenvalue weighted by atomic mass is 16.5. The average Bonchev–Trinajstić information content (AvgIpc) is 2.12. The summed E-state index contributed by atoms with van der Waals surface area (Å²) in [6, 6.07) is 2.20.